The van der Waals surface area contributed by atoms with Crippen molar-refractivity contribution < 1.29 is 14.3 Å². The Kier molecular flexibility index (Phi) is 3.59. The van der Waals surface area contributed by atoms with Crippen molar-refractivity contribution in [2.24, 2.45) is 0 Å². The minimum absolute atomic E-state index is 0.0635. The monoisotopic (exact) mass is 211 g/mol. The molecule has 1 amide bonds. The third-order valence-corrected chi connectivity index (χ3v) is 1.90. The summed E-state index contributed by atoms with van der Waals surface area (Å²) in [5.41, 5.74) is -0.443. The first-order valence-electron chi connectivity index (χ1n) is 4.95. The number of carbonyl (C=O) groups is 1. The Bertz CT molecular complexity index is 269. The van der Waals surface area contributed by atoms with Crippen molar-refractivity contribution in [3.63, 3.8) is 0 Å². The molecule has 84 valence electrons. The molecule has 1 aliphatic heterocycles. The van der Waals surface area contributed by atoms with Gasteiger partial charge < -0.3 is 14.4 Å². The molecule has 0 unspecified atom stereocenters. The lowest BCUT2D eigenvalue weighted by molar-refractivity contribution is -0.0544. The highest BCUT2D eigenvalue weighted by atomic mass is 16.6. The standard InChI is InChI=1S/C11H17NO3/c1-5-6-14-9-7-12(8-9)10(13)15-11(2,3)4/h1,9H,6-8H2,2-4H3. The smallest absolute Gasteiger partial charge is 0.410 e. The fraction of sp³-hybridized carbons (Fsp3) is 0.727. The van der Waals surface area contributed by atoms with Crippen LogP contribution in [0.2, 0.25) is 0 Å². The first-order valence-corrected chi connectivity index (χ1v) is 4.95. The molecule has 0 aliphatic carbocycles. The van der Waals surface area contributed by atoms with E-state index in [4.69, 9.17) is 15.9 Å². The van der Waals surface area contributed by atoms with Crippen LogP contribution in [0.25, 0.3) is 0 Å². The number of rotatable bonds is 2. The molecule has 0 radical (unpaired) electrons. The fourth-order valence-electron chi connectivity index (χ4n) is 1.19. The number of hydrogen-bond donors (Lipinski definition) is 0. The van der Waals surface area contributed by atoms with Crippen molar-refractivity contribution in [2.75, 3.05) is 19.7 Å². The average Bonchev–Trinajstić information content (AvgIpc) is 1.98. The van der Waals surface area contributed by atoms with E-state index in [0.717, 1.165) is 0 Å². The van der Waals surface area contributed by atoms with Gasteiger partial charge in [-0.2, -0.15) is 0 Å². The average molecular weight is 211 g/mol. The predicted molar refractivity (Wildman–Crippen MR) is 56.4 cm³/mol. The van der Waals surface area contributed by atoms with E-state index in [1.807, 2.05) is 20.8 Å². The summed E-state index contributed by atoms with van der Waals surface area (Å²) in [6.45, 7) is 6.96. The molecule has 0 N–H and O–H groups in total. The molecule has 1 fully saturated rings. The Hall–Kier alpha value is -1.21. The molecule has 1 aliphatic rings. The van der Waals surface area contributed by atoms with Crippen LogP contribution in [-0.4, -0.2) is 42.4 Å². The van der Waals surface area contributed by atoms with Gasteiger partial charge >= 0.3 is 6.09 Å². The van der Waals surface area contributed by atoms with Crippen LogP contribution in [-0.2, 0) is 9.47 Å². The molecule has 1 saturated heterocycles. The third kappa shape index (κ3) is 3.80. The Morgan fingerprint density at radius 3 is 2.60 bits per heavy atom. The number of terminal acetylenes is 1. The summed E-state index contributed by atoms with van der Waals surface area (Å²) in [7, 11) is 0. The van der Waals surface area contributed by atoms with Crippen molar-refractivity contribution in [3.8, 4) is 12.3 Å². The SMILES string of the molecule is C#CCOC1CN(C(=O)OC(C)(C)C)C1. The lowest BCUT2D eigenvalue weighted by Crippen LogP contribution is -2.55. The molecule has 0 saturated carbocycles. The molecule has 0 aromatic carbocycles. The second-order valence-electron chi connectivity index (χ2n) is 4.52. The van der Waals surface area contributed by atoms with Crippen LogP contribution >= 0.6 is 0 Å². The van der Waals surface area contributed by atoms with Crippen LogP contribution in [0.4, 0.5) is 4.79 Å². The van der Waals surface area contributed by atoms with E-state index in [2.05, 4.69) is 5.92 Å². The minimum atomic E-state index is -0.443. The second-order valence-corrected chi connectivity index (χ2v) is 4.52. The topological polar surface area (TPSA) is 38.8 Å². The van der Waals surface area contributed by atoms with E-state index in [0.29, 0.717) is 19.7 Å². The minimum Gasteiger partial charge on any atom is -0.444 e. The van der Waals surface area contributed by atoms with Crippen molar-refractivity contribution >= 4 is 6.09 Å². The van der Waals surface area contributed by atoms with E-state index in [-0.39, 0.29) is 12.2 Å². The Labute approximate surface area is 90.5 Å². The predicted octanol–water partition coefficient (Wildman–Crippen LogP) is 1.26. The molecule has 0 bridgehead atoms. The number of ether oxygens (including phenoxy) is 2. The van der Waals surface area contributed by atoms with Gasteiger partial charge in [-0.25, -0.2) is 4.79 Å². The molecule has 0 spiro atoms. The summed E-state index contributed by atoms with van der Waals surface area (Å²) < 4.78 is 10.4. The Morgan fingerprint density at radius 2 is 2.13 bits per heavy atom. The summed E-state index contributed by atoms with van der Waals surface area (Å²) in [4.78, 5) is 13.1. The van der Waals surface area contributed by atoms with Crippen molar-refractivity contribution in [3.05, 3.63) is 0 Å². The van der Waals surface area contributed by atoms with E-state index < -0.39 is 5.60 Å². The first kappa shape index (κ1) is 11.9. The molecule has 1 heterocycles. The van der Waals surface area contributed by atoms with Crippen LogP contribution in [0.15, 0.2) is 0 Å². The van der Waals surface area contributed by atoms with Crippen LogP contribution < -0.4 is 0 Å². The van der Waals surface area contributed by atoms with Gasteiger partial charge in [-0.1, -0.05) is 5.92 Å². The summed E-state index contributed by atoms with van der Waals surface area (Å²) in [6, 6.07) is 0. The zero-order valence-electron chi connectivity index (χ0n) is 9.45. The normalized spacial score (nSPS) is 16.8. The maximum Gasteiger partial charge on any atom is 0.410 e. The molecular weight excluding hydrogens is 194 g/mol. The van der Waals surface area contributed by atoms with Gasteiger partial charge in [-0.3, -0.25) is 0 Å². The molecule has 0 atom stereocenters. The highest BCUT2D eigenvalue weighted by Gasteiger charge is 2.33. The number of carbonyl (C=O) groups excluding carboxylic acids is 1. The van der Waals surface area contributed by atoms with Crippen LogP contribution in [0, 0.1) is 12.3 Å². The molecular formula is C11H17NO3. The zero-order valence-corrected chi connectivity index (χ0v) is 9.45. The zero-order chi connectivity index (χ0) is 11.5. The van der Waals surface area contributed by atoms with E-state index in [1.165, 1.54) is 0 Å². The van der Waals surface area contributed by atoms with Gasteiger partial charge in [0.1, 0.15) is 12.2 Å². The van der Waals surface area contributed by atoms with Crippen molar-refractivity contribution in [1.82, 2.24) is 4.90 Å². The molecule has 15 heavy (non-hydrogen) atoms. The number of amides is 1. The lowest BCUT2D eigenvalue weighted by Gasteiger charge is -2.39. The quantitative estimate of drug-likeness (QED) is 0.645. The highest BCUT2D eigenvalue weighted by molar-refractivity contribution is 5.69. The summed E-state index contributed by atoms with van der Waals surface area (Å²) in [5.74, 6) is 2.39. The van der Waals surface area contributed by atoms with Crippen molar-refractivity contribution in [1.29, 1.82) is 0 Å². The van der Waals surface area contributed by atoms with Crippen LogP contribution in [0.5, 0.6) is 0 Å². The Morgan fingerprint density at radius 1 is 1.53 bits per heavy atom. The largest absolute Gasteiger partial charge is 0.444 e. The maximum absolute atomic E-state index is 11.5. The Balaban J connectivity index is 2.21. The van der Waals surface area contributed by atoms with Gasteiger partial charge in [0.2, 0.25) is 0 Å². The number of nitrogens with zero attached hydrogens (tertiary/aromatic N) is 1. The number of likely N-dealkylation sites (tertiary alicyclic amines) is 1. The molecule has 0 aromatic heterocycles. The van der Waals surface area contributed by atoms with Gasteiger partial charge in [0.25, 0.3) is 0 Å². The van der Waals surface area contributed by atoms with Gasteiger partial charge in [0.15, 0.2) is 0 Å². The molecule has 1 rings (SSSR count). The summed E-state index contributed by atoms with van der Waals surface area (Å²) >= 11 is 0. The lowest BCUT2D eigenvalue weighted by atomic mass is 10.2. The molecule has 4 nitrogen and oxygen atoms in total. The van der Waals surface area contributed by atoms with Gasteiger partial charge in [-0.05, 0) is 20.8 Å². The van der Waals surface area contributed by atoms with Gasteiger partial charge in [-0.15, -0.1) is 6.42 Å². The highest BCUT2D eigenvalue weighted by Crippen LogP contribution is 2.16. The maximum atomic E-state index is 11.5. The summed E-state index contributed by atoms with van der Waals surface area (Å²) in [5, 5.41) is 0. The summed E-state index contributed by atoms with van der Waals surface area (Å²) in [6.07, 6.45) is 4.83. The van der Waals surface area contributed by atoms with Gasteiger partial charge in [0.05, 0.1) is 19.2 Å². The number of hydrogen-bond acceptors (Lipinski definition) is 3. The molecule has 0 aromatic rings. The van der Waals surface area contributed by atoms with Crippen LogP contribution in [0.3, 0.4) is 0 Å². The van der Waals surface area contributed by atoms with Crippen molar-refractivity contribution in [2.45, 2.75) is 32.5 Å². The third-order valence-electron chi connectivity index (χ3n) is 1.90. The van der Waals surface area contributed by atoms with E-state index in [1.54, 1.807) is 4.90 Å². The van der Waals surface area contributed by atoms with Gasteiger partial charge in [0, 0.05) is 0 Å². The van der Waals surface area contributed by atoms with E-state index >= 15 is 0 Å². The second kappa shape index (κ2) is 4.54. The fourth-order valence-corrected chi connectivity index (χ4v) is 1.19. The van der Waals surface area contributed by atoms with Crippen LogP contribution in [0.1, 0.15) is 20.8 Å². The molecule has 4 heteroatoms. The first-order chi connectivity index (χ1) is 6.92. The van der Waals surface area contributed by atoms with E-state index in [9.17, 15) is 4.79 Å².